The van der Waals surface area contributed by atoms with Gasteiger partial charge in [0, 0.05) is 29.8 Å². The molecule has 2 aliphatic rings. The molecule has 1 aliphatic heterocycles. The van der Waals surface area contributed by atoms with E-state index in [0.29, 0.717) is 42.5 Å². The minimum atomic E-state index is -4.44. The van der Waals surface area contributed by atoms with Crippen molar-refractivity contribution in [1.29, 1.82) is 0 Å². The van der Waals surface area contributed by atoms with E-state index in [2.05, 4.69) is 4.98 Å². The maximum atomic E-state index is 12.8. The van der Waals surface area contributed by atoms with E-state index in [9.17, 15) is 18.0 Å². The van der Waals surface area contributed by atoms with Crippen molar-refractivity contribution in [3.63, 3.8) is 0 Å². The number of halogens is 3. The van der Waals surface area contributed by atoms with E-state index in [1.54, 1.807) is 17.0 Å². The second-order valence-electron chi connectivity index (χ2n) is 7.33. The van der Waals surface area contributed by atoms with E-state index in [1.165, 1.54) is 13.2 Å². The lowest BCUT2D eigenvalue weighted by Crippen LogP contribution is -2.39. The Hall–Kier alpha value is -2.77. The third kappa shape index (κ3) is 3.88. The summed E-state index contributed by atoms with van der Waals surface area (Å²) in [6, 6.07) is 5.83. The molecule has 1 amide bonds. The smallest absolute Gasteiger partial charge is 0.417 e. The summed E-state index contributed by atoms with van der Waals surface area (Å²) >= 11 is 0. The van der Waals surface area contributed by atoms with Crippen molar-refractivity contribution >= 4 is 5.91 Å². The molecule has 1 aliphatic carbocycles. The van der Waals surface area contributed by atoms with Crippen LogP contribution in [-0.2, 0) is 17.5 Å². The number of nitrogens with zero attached hydrogens (tertiary/aromatic N) is 2. The Labute approximate surface area is 166 Å². The predicted octanol–water partition coefficient (Wildman–Crippen LogP) is 4.30. The van der Waals surface area contributed by atoms with Gasteiger partial charge < -0.3 is 14.4 Å². The fraction of sp³-hybridized carbons (Fsp3) is 0.429. The number of hydrogen-bond acceptors (Lipinski definition) is 4. The number of hydrogen-bond donors (Lipinski definition) is 0. The van der Waals surface area contributed by atoms with Crippen molar-refractivity contribution < 1.29 is 27.4 Å². The molecular formula is C21H21F3N2O3. The van der Waals surface area contributed by atoms with Crippen molar-refractivity contribution in [2.24, 2.45) is 5.92 Å². The number of carbonyl (C=O) groups excluding carboxylic acids is 1. The molecule has 1 aromatic heterocycles. The summed E-state index contributed by atoms with van der Waals surface area (Å²) in [4.78, 5) is 18.5. The van der Waals surface area contributed by atoms with Crippen LogP contribution >= 0.6 is 0 Å². The molecular weight excluding hydrogens is 385 g/mol. The average Bonchev–Trinajstić information content (AvgIpc) is 2.87. The van der Waals surface area contributed by atoms with Gasteiger partial charge in [0.2, 0.25) is 5.91 Å². The van der Waals surface area contributed by atoms with Crippen LogP contribution in [0.2, 0.25) is 0 Å². The zero-order valence-electron chi connectivity index (χ0n) is 16.0. The monoisotopic (exact) mass is 406 g/mol. The minimum Gasteiger partial charge on any atom is -0.493 e. The van der Waals surface area contributed by atoms with Crippen molar-refractivity contribution in [2.45, 2.75) is 32.0 Å². The fourth-order valence-corrected chi connectivity index (χ4v) is 3.62. The van der Waals surface area contributed by atoms with Gasteiger partial charge in [0.25, 0.3) is 0 Å². The van der Waals surface area contributed by atoms with E-state index >= 15 is 0 Å². The highest BCUT2D eigenvalue weighted by Gasteiger charge is 2.32. The first-order chi connectivity index (χ1) is 13.9. The summed E-state index contributed by atoms with van der Waals surface area (Å²) in [5.74, 6) is 1.24. The molecule has 0 N–H and O–H groups in total. The third-order valence-electron chi connectivity index (χ3n) is 5.47. The zero-order chi connectivity index (χ0) is 20.6. The Bertz CT molecular complexity index is 909. The second-order valence-corrected chi connectivity index (χ2v) is 7.33. The van der Waals surface area contributed by atoms with Gasteiger partial charge in [-0.1, -0.05) is 6.42 Å². The van der Waals surface area contributed by atoms with Crippen LogP contribution in [0.15, 0.2) is 30.5 Å². The standard InChI is InChI=1S/C21H21F3N2O3/c1-28-18-10-14(17-6-5-16(11-25-17)21(22,23)24)9-15-12-26(7-8-29-19(15)18)20(27)13-3-2-4-13/h5-6,9-11,13H,2-4,7-8,12H2,1H3. The van der Waals surface area contributed by atoms with Gasteiger partial charge in [-0.05, 0) is 37.1 Å². The zero-order valence-corrected chi connectivity index (χ0v) is 16.0. The number of carbonyl (C=O) groups is 1. The highest BCUT2D eigenvalue weighted by molar-refractivity contribution is 5.80. The largest absolute Gasteiger partial charge is 0.493 e. The van der Waals surface area contributed by atoms with Gasteiger partial charge in [0.15, 0.2) is 11.5 Å². The second kappa shape index (κ2) is 7.57. The van der Waals surface area contributed by atoms with Crippen LogP contribution in [0.3, 0.4) is 0 Å². The van der Waals surface area contributed by atoms with Gasteiger partial charge in [-0.3, -0.25) is 9.78 Å². The van der Waals surface area contributed by atoms with E-state index in [1.807, 2.05) is 0 Å². The Balaban J connectivity index is 1.67. The molecule has 154 valence electrons. The molecule has 0 bridgehead atoms. The summed E-state index contributed by atoms with van der Waals surface area (Å²) < 4.78 is 49.7. The van der Waals surface area contributed by atoms with Crippen LogP contribution < -0.4 is 9.47 Å². The number of alkyl halides is 3. The molecule has 0 radical (unpaired) electrons. The van der Waals surface area contributed by atoms with Gasteiger partial charge in [0.1, 0.15) is 6.61 Å². The average molecular weight is 406 g/mol. The molecule has 0 unspecified atom stereocenters. The highest BCUT2D eigenvalue weighted by atomic mass is 19.4. The van der Waals surface area contributed by atoms with Crippen molar-refractivity contribution in [1.82, 2.24) is 9.88 Å². The first kappa shape index (κ1) is 19.5. The number of pyridine rings is 1. The Morgan fingerprint density at radius 1 is 1.28 bits per heavy atom. The Morgan fingerprint density at radius 2 is 2.07 bits per heavy atom. The molecule has 0 saturated heterocycles. The van der Waals surface area contributed by atoms with Crippen LogP contribution in [0, 0.1) is 5.92 Å². The quantitative estimate of drug-likeness (QED) is 0.763. The molecule has 1 saturated carbocycles. The lowest BCUT2D eigenvalue weighted by molar-refractivity contribution is -0.139. The Kier molecular flexibility index (Phi) is 5.10. The van der Waals surface area contributed by atoms with E-state index in [4.69, 9.17) is 9.47 Å². The number of ether oxygens (including phenoxy) is 2. The lowest BCUT2D eigenvalue weighted by Gasteiger charge is -2.30. The fourth-order valence-electron chi connectivity index (χ4n) is 3.62. The summed E-state index contributed by atoms with van der Waals surface area (Å²) in [6.07, 6.45) is -0.706. The van der Waals surface area contributed by atoms with E-state index in [0.717, 1.165) is 37.1 Å². The number of amides is 1. The van der Waals surface area contributed by atoms with Crippen molar-refractivity contribution in [3.8, 4) is 22.8 Å². The lowest BCUT2D eigenvalue weighted by atomic mass is 9.84. The minimum absolute atomic E-state index is 0.0817. The van der Waals surface area contributed by atoms with E-state index < -0.39 is 11.7 Å². The predicted molar refractivity (Wildman–Crippen MR) is 99.5 cm³/mol. The molecule has 4 rings (SSSR count). The number of fused-ring (bicyclic) bond motifs is 1. The number of methoxy groups -OCH3 is 1. The molecule has 2 heterocycles. The van der Waals surface area contributed by atoms with Gasteiger partial charge in [-0.25, -0.2) is 0 Å². The van der Waals surface area contributed by atoms with Crippen LogP contribution in [0.5, 0.6) is 11.5 Å². The molecule has 5 nitrogen and oxygen atoms in total. The van der Waals surface area contributed by atoms with Crippen LogP contribution in [0.4, 0.5) is 13.2 Å². The van der Waals surface area contributed by atoms with Crippen LogP contribution in [0.1, 0.15) is 30.4 Å². The van der Waals surface area contributed by atoms with Crippen LogP contribution in [0.25, 0.3) is 11.3 Å². The number of benzene rings is 1. The molecule has 0 spiro atoms. The molecule has 1 fully saturated rings. The first-order valence-corrected chi connectivity index (χ1v) is 9.53. The topological polar surface area (TPSA) is 51.7 Å². The van der Waals surface area contributed by atoms with Gasteiger partial charge >= 0.3 is 6.18 Å². The molecule has 1 aromatic carbocycles. The van der Waals surface area contributed by atoms with Gasteiger partial charge in [-0.15, -0.1) is 0 Å². The molecule has 0 atom stereocenters. The maximum absolute atomic E-state index is 12.8. The van der Waals surface area contributed by atoms with Crippen molar-refractivity contribution in [3.05, 3.63) is 41.6 Å². The van der Waals surface area contributed by atoms with Crippen molar-refractivity contribution in [2.75, 3.05) is 20.3 Å². The summed E-state index contributed by atoms with van der Waals surface area (Å²) in [7, 11) is 1.51. The summed E-state index contributed by atoms with van der Waals surface area (Å²) in [5, 5.41) is 0. The number of rotatable bonds is 3. The highest BCUT2D eigenvalue weighted by Crippen LogP contribution is 2.39. The molecule has 2 aromatic rings. The SMILES string of the molecule is COc1cc(-c2ccc(C(F)(F)F)cn2)cc2c1OCCN(C(=O)C1CCC1)C2. The first-order valence-electron chi connectivity index (χ1n) is 9.53. The molecule has 8 heteroatoms. The van der Waals surface area contributed by atoms with Crippen LogP contribution in [-0.4, -0.2) is 36.1 Å². The normalized spacial score (nSPS) is 17.0. The third-order valence-corrected chi connectivity index (χ3v) is 5.47. The van der Waals surface area contributed by atoms with Gasteiger partial charge in [0.05, 0.1) is 24.9 Å². The summed E-state index contributed by atoms with van der Waals surface area (Å²) in [6.45, 7) is 1.22. The number of aromatic nitrogens is 1. The summed E-state index contributed by atoms with van der Waals surface area (Å²) in [5.41, 5.74) is 0.950. The van der Waals surface area contributed by atoms with E-state index in [-0.39, 0.29) is 11.8 Å². The maximum Gasteiger partial charge on any atom is 0.417 e. The van der Waals surface area contributed by atoms with Gasteiger partial charge in [-0.2, -0.15) is 13.2 Å². The molecule has 29 heavy (non-hydrogen) atoms. The Morgan fingerprint density at radius 3 is 2.66 bits per heavy atom.